The number of terminal acetylenes is 1. The zero-order chi connectivity index (χ0) is 8.81. The van der Waals surface area contributed by atoms with Crippen LogP contribution in [0.5, 0.6) is 0 Å². The number of ketones is 1. The van der Waals surface area contributed by atoms with Crippen molar-refractivity contribution in [3.8, 4) is 12.3 Å². The molecule has 1 saturated carbocycles. The van der Waals surface area contributed by atoms with E-state index in [4.69, 9.17) is 6.42 Å². The fourth-order valence-corrected chi connectivity index (χ4v) is 1.65. The lowest BCUT2D eigenvalue weighted by molar-refractivity contribution is -0.121. The highest BCUT2D eigenvalue weighted by molar-refractivity contribution is 5.83. The summed E-state index contributed by atoms with van der Waals surface area (Å²) >= 11 is 0. The van der Waals surface area contributed by atoms with E-state index < -0.39 is 0 Å². The van der Waals surface area contributed by atoms with E-state index in [0.717, 1.165) is 12.8 Å². The van der Waals surface area contributed by atoms with Crippen molar-refractivity contribution in [2.24, 2.45) is 5.92 Å². The van der Waals surface area contributed by atoms with Crippen molar-refractivity contribution in [3.63, 3.8) is 0 Å². The highest BCUT2D eigenvalue weighted by atomic mass is 16.1. The maximum absolute atomic E-state index is 11.4. The first-order chi connectivity index (χ1) is 5.84. The molecule has 0 bridgehead atoms. The zero-order valence-corrected chi connectivity index (χ0v) is 7.31. The first kappa shape index (κ1) is 9.28. The minimum atomic E-state index is 0.315. The summed E-state index contributed by atoms with van der Waals surface area (Å²) in [4.78, 5) is 11.4. The Bertz CT molecular complexity index is 187. The molecule has 1 N–H and O–H groups in total. The van der Waals surface area contributed by atoms with Gasteiger partial charge in [-0.2, -0.15) is 0 Å². The molecule has 1 fully saturated rings. The van der Waals surface area contributed by atoms with Crippen molar-refractivity contribution >= 4 is 5.78 Å². The number of hydrogen-bond donors (Lipinski definition) is 1. The molecular weight excluding hydrogens is 150 g/mol. The van der Waals surface area contributed by atoms with E-state index in [-0.39, 0.29) is 0 Å². The first-order valence-corrected chi connectivity index (χ1v) is 4.51. The van der Waals surface area contributed by atoms with Crippen molar-refractivity contribution in [3.05, 3.63) is 0 Å². The molecule has 1 rings (SSSR count). The fraction of sp³-hybridized carbons (Fsp3) is 0.700. The summed E-state index contributed by atoms with van der Waals surface area (Å²) in [7, 11) is 0. The van der Waals surface area contributed by atoms with Crippen LogP contribution in [0.1, 0.15) is 25.7 Å². The average Bonchev–Trinajstić information content (AvgIpc) is 2.56. The van der Waals surface area contributed by atoms with Gasteiger partial charge in [0, 0.05) is 5.92 Å². The van der Waals surface area contributed by atoms with E-state index >= 15 is 0 Å². The molecule has 0 spiro atoms. The molecule has 0 aromatic heterocycles. The molecule has 0 heterocycles. The van der Waals surface area contributed by atoms with Gasteiger partial charge in [0.15, 0.2) is 0 Å². The van der Waals surface area contributed by atoms with Gasteiger partial charge in [-0.15, -0.1) is 6.42 Å². The second-order valence-corrected chi connectivity index (χ2v) is 3.26. The molecule has 0 aromatic carbocycles. The van der Waals surface area contributed by atoms with Crippen molar-refractivity contribution in [1.82, 2.24) is 5.32 Å². The highest BCUT2D eigenvalue weighted by Crippen LogP contribution is 2.24. The maximum Gasteiger partial charge on any atom is 0.149 e. The molecule has 0 atom stereocenters. The molecule has 0 radical (unpaired) electrons. The third kappa shape index (κ3) is 2.67. The Labute approximate surface area is 73.7 Å². The van der Waals surface area contributed by atoms with Gasteiger partial charge in [0.05, 0.1) is 13.1 Å². The Balaban J connectivity index is 2.15. The second-order valence-electron chi connectivity index (χ2n) is 3.26. The summed E-state index contributed by atoms with van der Waals surface area (Å²) < 4.78 is 0. The molecular formula is C10H15NO. The van der Waals surface area contributed by atoms with E-state index in [0.29, 0.717) is 24.8 Å². The Morgan fingerprint density at radius 2 is 2.17 bits per heavy atom. The van der Waals surface area contributed by atoms with Gasteiger partial charge < -0.3 is 0 Å². The minimum Gasteiger partial charge on any atom is -0.299 e. The lowest BCUT2D eigenvalue weighted by Crippen LogP contribution is -2.27. The van der Waals surface area contributed by atoms with Crippen LogP contribution < -0.4 is 5.32 Å². The molecule has 1 aliphatic rings. The van der Waals surface area contributed by atoms with Crippen LogP contribution in [0.2, 0.25) is 0 Å². The van der Waals surface area contributed by atoms with Crippen molar-refractivity contribution in [1.29, 1.82) is 0 Å². The average molecular weight is 165 g/mol. The van der Waals surface area contributed by atoms with Crippen LogP contribution in [0.25, 0.3) is 0 Å². The maximum atomic E-state index is 11.4. The van der Waals surface area contributed by atoms with E-state index in [2.05, 4.69) is 11.2 Å². The first-order valence-electron chi connectivity index (χ1n) is 4.51. The number of hydrogen-bond acceptors (Lipinski definition) is 2. The van der Waals surface area contributed by atoms with Gasteiger partial charge >= 0.3 is 0 Å². The number of nitrogens with one attached hydrogen (secondary N) is 1. The van der Waals surface area contributed by atoms with Gasteiger partial charge in [-0.25, -0.2) is 0 Å². The van der Waals surface area contributed by atoms with Crippen molar-refractivity contribution in [2.45, 2.75) is 25.7 Å². The van der Waals surface area contributed by atoms with Crippen LogP contribution in [-0.4, -0.2) is 18.9 Å². The van der Waals surface area contributed by atoms with Crippen LogP contribution in [-0.2, 0) is 4.79 Å². The SMILES string of the molecule is C#CCNCC(=O)C1CCCC1. The van der Waals surface area contributed by atoms with Gasteiger partial charge in [0.1, 0.15) is 5.78 Å². The van der Waals surface area contributed by atoms with E-state index in [1.807, 2.05) is 0 Å². The topological polar surface area (TPSA) is 29.1 Å². The molecule has 2 nitrogen and oxygen atoms in total. The normalized spacial score (nSPS) is 17.6. The Hall–Kier alpha value is -0.810. The Morgan fingerprint density at radius 1 is 1.50 bits per heavy atom. The monoisotopic (exact) mass is 165 g/mol. The molecule has 0 saturated heterocycles. The largest absolute Gasteiger partial charge is 0.299 e. The van der Waals surface area contributed by atoms with Gasteiger partial charge in [-0.3, -0.25) is 10.1 Å². The van der Waals surface area contributed by atoms with Crippen LogP contribution in [0.15, 0.2) is 0 Å². The number of Topliss-reactive ketones (excluding diaryl/α,β-unsaturated/α-hetero) is 1. The number of carbonyl (C=O) groups excluding carboxylic acids is 1. The molecule has 66 valence electrons. The lowest BCUT2D eigenvalue weighted by Gasteiger charge is -2.06. The zero-order valence-electron chi connectivity index (χ0n) is 7.31. The Morgan fingerprint density at radius 3 is 2.75 bits per heavy atom. The van der Waals surface area contributed by atoms with Gasteiger partial charge in [-0.05, 0) is 12.8 Å². The summed E-state index contributed by atoms with van der Waals surface area (Å²) in [5.74, 6) is 3.10. The van der Waals surface area contributed by atoms with Crippen LogP contribution in [0.3, 0.4) is 0 Å². The van der Waals surface area contributed by atoms with Gasteiger partial charge in [0.2, 0.25) is 0 Å². The molecule has 0 aliphatic heterocycles. The summed E-state index contributed by atoms with van der Waals surface area (Å²) in [5.41, 5.74) is 0. The van der Waals surface area contributed by atoms with E-state index in [1.165, 1.54) is 12.8 Å². The third-order valence-electron chi connectivity index (χ3n) is 2.34. The molecule has 1 aliphatic carbocycles. The van der Waals surface area contributed by atoms with Gasteiger partial charge in [-0.1, -0.05) is 18.8 Å². The quantitative estimate of drug-likeness (QED) is 0.497. The minimum absolute atomic E-state index is 0.315. The smallest absolute Gasteiger partial charge is 0.149 e. The predicted molar refractivity (Wildman–Crippen MR) is 48.7 cm³/mol. The van der Waals surface area contributed by atoms with E-state index in [1.54, 1.807) is 0 Å². The van der Waals surface area contributed by atoms with E-state index in [9.17, 15) is 4.79 Å². The highest BCUT2D eigenvalue weighted by Gasteiger charge is 2.21. The summed E-state index contributed by atoms with van der Waals surface area (Å²) in [6.45, 7) is 0.952. The predicted octanol–water partition coefficient (Wildman–Crippen LogP) is 0.968. The second kappa shape index (κ2) is 4.95. The van der Waals surface area contributed by atoms with Crippen LogP contribution in [0.4, 0.5) is 0 Å². The number of carbonyl (C=O) groups is 1. The summed E-state index contributed by atoms with van der Waals surface area (Å²) in [5, 5.41) is 2.93. The van der Waals surface area contributed by atoms with Crippen LogP contribution in [0, 0.1) is 18.3 Å². The standard InChI is InChI=1S/C10H15NO/c1-2-7-11-8-10(12)9-5-3-4-6-9/h1,9,11H,3-8H2. The summed E-state index contributed by atoms with van der Waals surface area (Å²) in [6, 6.07) is 0. The molecule has 12 heavy (non-hydrogen) atoms. The molecule has 0 unspecified atom stereocenters. The summed E-state index contributed by atoms with van der Waals surface area (Å²) in [6.07, 6.45) is 9.63. The molecule has 2 heteroatoms. The van der Waals surface area contributed by atoms with Crippen LogP contribution >= 0.6 is 0 Å². The fourth-order valence-electron chi connectivity index (χ4n) is 1.65. The van der Waals surface area contributed by atoms with Gasteiger partial charge in [0.25, 0.3) is 0 Å². The number of rotatable bonds is 4. The molecule has 0 aromatic rings. The molecule has 0 amide bonds. The van der Waals surface area contributed by atoms with Crippen molar-refractivity contribution < 1.29 is 4.79 Å². The Kier molecular flexibility index (Phi) is 3.83. The third-order valence-corrected chi connectivity index (χ3v) is 2.34. The van der Waals surface area contributed by atoms with Crippen molar-refractivity contribution in [2.75, 3.05) is 13.1 Å². The lowest BCUT2D eigenvalue weighted by atomic mass is 10.0.